The third kappa shape index (κ3) is 5.71. The first-order valence-electron chi connectivity index (χ1n) is 26.8. The molecule has 19 rings (SSSR count). The number of thiophene rings is 1. The minimum absolute atomic E-state index is 0.916. The average Bonchev–Trinajstić information content (AvgIpc) is 4.32. The fourth-order valence-corrected chi connectivity index (χ4v) is 15.1. The molecule has 0 amide bonds. The molecule has 0 aliphatic heterocycles. The number of hydrogen-bond donors (Lipinski definition) is 0. The molecule has 0 bridgehead atoms. The lowest BCUT2D eigenvalue weighted by Crippen LogP contribution is -1.95. The molecule has 4 heteroatoms. The van der Waals surface area contributed by atoms with E-state index in [1.54, 1.807) is 0 Å². The maximum absolute atomic E-state index is 6.27. The first-order valence-corrected chi connectivity index (χ1v) is 27.6. The summed E-state index contributed by atoms with van der Waals surface area (Å²) in [6.07, 6.45) is 0. The number of para-hydroxylation sites is 1. The molecular formula is C74H42N2OS. The minimum Gasteiger partial charge on any atom is -0.456 e. The largest absolute Gasteiger partial charge is 0.456 e. The highest BCUT2D eigenvalue weighted by Gasteiger charge is 2.27. The second-order valence-corrected chi connectivity index (χ2v) is 22.0. The zero-order chi connectivity index (χ0) is 50.7. The average molecular weight is 1010 g/mol. The fourth-order valence-electron chi connectivity index (χ4n) is 13.8. The summed E-state index contributed by atoms with van der Waals surface area (Å²) in [5.74, 6) is 0. The molecule has 0 N–H and O–H groups in total. The Morgan fingerprint density at radius 1 is 0.269 bits per heavy atom. The van der Waals surface area contributed by atoms with Crippen molar-refractivity contribution in [1.82, 2.24) is 9.13 Å². The Labute approximate surface area is 451 Å². The van der Waals surface area contributed by atoms with Crippen molar-refractivity contribution in [3.05, 3.63) is 255 Å². The highest BCUT2D eigenvalue weighted by molar-refractivity contribution is 7.26. The topological polar surface area (TPSA) is 23.0 Å². The zero-order valence-corrected chi connectivity index (χ0v) is 42.8. The molecule has 0 radical (unpaired) electrons. The van der Waals surface area contributed by atoms with Crippen LogP contribution >= 0.6 is 11.3 Å². The van der Waals surface area contributed by atoms with Gasteiger partial charge in [0.1, 0.15) is 11.2 Å². The predicted octanol–water partition coefficient (Wildman–Crippen LogP) is 21.1. The summed E-state index contributed by atoms with van der Waals surface area (Å²) < 4.78 is 13.8. The van der Waals surface area contributed by atoms with E-state index >= 15 is 0 Å². The van der Waals surface area contributed by atoms with Gasteiger partial charge in [-0.15, -0.1) is 11.3 Å². The van der Waals surface area contributed by atoms with E-state index < -0.39 is 0 Å². The monoisotopic (exact) mass is 1010 g/mol. The van der Waals surface area contributed by atoms with Crippen molar-refractivity contribution in [2.45, 2.75) is 0 Å². The number of fused-ring (bicyclic) bond motifs is 12. The molecule has 17 aromatic rings. The van der Waals surface area contributed by atoms with E-state index in [1.807, 2.05) is 23.5 Å². The van der Waals surface area contributed by atoms with E-state index in [1.165, 1.54) is 147 Å². The Bertz CT molecular complexity index is 5450. The molecule has 360 valence electrons. The zero-order valence-electron chi connectivity index (χ0n) is 42.0. The molecule has 13 aromatic carbocycles. The van der Waals surface area contributed by atoms with Crippen LogP contribution in [0, 0.1) is 0 Å². The first-order chi connectivity index (χ1) is 38.7. The number of rotatable bonds is 3. The third-order valence-electron chi connectivity index (χ3n) is 17.1. The molecule has 0 atom stereocenters. The maximum atomic E-state index is 6.27. The molecule has 2 aliphatic carbocycles. The van der Waals surface area contributed by atoms with Crippen molar-refractivity contribution in [2.75, 3.05) is 0 Å². The summed E-state index contributed by atoms with van der Waals surface area (Å²) in [4.78, 5) is 0. The van der Waals surface area contributed by atoms with Gasteiger partial charge in [0.05, 0.1) is 22.1 Å². The summed E-state index contributed by atoms with van der Waals surface area (Å²) in [6.45, 7) is 0. The van der Waals surface area contributed by atoms with Crippen molar-refractivity contribution in [1.29, 1.82) is 0 Å². The molecule has 0 spiro atoms. The molecule has 4 heterocycles. The highest BCUT2D eigenvalue weighted by Crippen LogP contribution is 2.52. The highest BCUT2D eigenvalue weighted by atomic mass is 32.1. The van der Waals surface area contributed by atoms with Crippen LogP contribution in [0.1, 0.15) is 0 Å². The van der Waals surface area contributed by atoms with Gasteiger partial charge in [0.25, 0.3) is 0 Å². The molecule has 2 aliphatic rings. The number of aromatic nitrogens is 2. The van der Waals surface area contributed by atoms with Gasteiger partial charge >= 0.3 is 0 Å². The van der Waals surface area contributed by atoms with Gasteiger partial charge in [0.15, 0.2) is 0 Å². The summed E-state index contributed by atoms with van der Waals surface area (Å²) >= 11 is 1.89. The van der Waals surface area contributed by atoms with E-state index in [4.69, 9.17) is 4.42 Å². The molecule has 3 nitrogen and oxygen atoms in total. The molecular weight excluding hydrogens is 965 g/mol. The molecule has 4 aromatic heterocycles. The maximum Gasteiger partial charge on any atom is 0.137 e. The van der Waals surface area contributed by atoms with E-state index in [9.17, 15) is 0 Å². The molecule has 0 unspecified atom stereocenters. The Balaban J connectivity index is 0.000000123. The van der Waals surface area contributed by atoms with Gasteiger partial charge in [-0.2, -0.15) is 0 Å². The number of benzene rings is 13. The number of furan rings is 1. The van der Waals surface area contributed by atoms with Gasteiger partial charge in [-0.3, -0.25) is 0 Å². The molecule has 0 saturated heterocycles. The second kappa shape index (κ2) is 15.8. The van der Waals surface area contributed by atoms with Crippen LogP contribution in [0.4, 0.5) is 0 Å². The second-order valence-electron chi connectivity index (χ2n) is 21.0. The van der Waals surface area contributed by atoms with Crippen LogP contribution in [0.3, 0.4) is 0 Å². The molecule has 0 saturated carbocycles. The van der Waals surface area contributed by atoms with E-state index in [0.29, 0.717) is 0 Å². The minimum atomic E-state index is 0.916. The van der Waals surface area contributed by atoms with Gasteiger partial charge in [0, 0.05) is 69.9 Å². The normalized spacial score (nSPS) is 12.4. The van der Waals surface area contributed by atoms with Crippen LogP contribution in [0.15, 0.2) is 259 Å². The van der Waals surface area contributed by atoms with Gasteiger partial charge < -0.3 is 13.6 Å². The van der Waals surface area contributed by atoms with Gasteiger partial charge in [-0.05, 0) is 138 Å². The molecule has 78 heavy (non-hydrogen) atoms. The first kappa shape index (κ1) is 42.2. The van der Waals surface area contributed by atoms with Crippen LogP contribution < -0.4 is 0 Å². The van der Waals surface area contributed by atoms with Gasteiger partial charge in [-0.1, -0.05) is 188 Å². The van der Waals surface area contributed by atoms with Crippen LogP contribution in [0.5, 0.6) is 0 Å². The van der Waals surface area contributed by atoms with Crippen molar-refractivity contribution < 1.29 is 4.42 Å². The van der Waals surface area contributed by atoms with Crippen LogP contribution in [-0.2, 0) is 0 Å². The Kier molecular flexibility index (Phi) is 8.55. The number of hydrogen-bond acceptors (Lipinski definition) is 2. The van der Waals surface area contributed by atoms with Crippen molar-refractivity contribution in [3.63, 3.8) is 0 Å². The fraction of sp³-hybridized carbons (Fsp3) is 0. The van der Waals surface area contributed by atoms with Crippen LogP contribution in [0.2, 0.25) is 0 Å². The lowest BCUT2D eigenvalue weighted by Gasteiger charge is -2.14. The van der Waals surface area contributed by atoms with Crippen molar-refractivity contribution >= 4 is 119 Å². The Morgan fingerprint density at radius 2 is 0.718 bits per heavy atom. The van der Waals surface area contributed by atoms with E-state index in [2.05, 4.69) is 252 Å². The van der Waals surface area contributed by atoms with E-state index in [0.717, 1.165) is 27.6 Å². The van der Waals surface area contributed by atoms with Crippen molar-refractivity contribution in [2.24, 2.45) is 0 Å². The quantitative estimate of drug-likeness (QED) is 0.173. The van der Waals surface area contributed by atoms with Crippen LogP contribution in [0.25, 0.3) is 174 Å². The summed E-state index contributed by atoms with van der Waals surface area (Å²) in [6, 6.07) is 93.3. The predicted molar refractivity (Wildman–Crippen MR) is 331 cm³/mol. The van der Waals surface area contributed by atoms with Gasteiger partial charge in [0.2, 0.25) is 0 Å². The Hall–Kier alpha value is -10.0. The van der Waals surface area contributed by atoms with Crippen LogP contribution in [-0.4, -0.2) is 9.13 Å². The Morgan fingerprint density at radius 3 is 1.35 bits per heavy atom. The third-order valence-corrected chi connectivity index (χ3v) is 18.3. The van der Waals surface area contributed by atoms with E-state index in [-0.39, 0.29) is 0 Å². The standard InChI is InChI=1S/C40H23NS.C34H19NO/c1-2-10-29-28(9-1)31-13-5-8-25-20-23-35-39(37(25)31)38-32(29)14-7-16-34(38)41(35)26-21-18-24(19-22-26)27-12-6-15-33-30-11-3-4-17-36(30)42-40(27)33;1-2-9-23-22(8-1)26-11-5-7-20-15-18-29-34(32(20)26)33-27(23)12-6-13-28(33)35(29)21-16-17-25-24-10-3-4-14-30(24)36-31(25)19-21/h1-23H;1-19H. The molecule has 0 fully saturated rings. The van der Waals surface area contributed by atoms with Gasteiger partial charge in [-0.25, -0.2) is 0 Å². The number of nitrogens with zero attached hydrogens (tertiary/aromatic N) is 2. The lowest BCUT2D eigenvalue weighted by molar-refractivity contribution is 0.668. The summed E-state index contributed by atoms with van der Waals surface area (Å²) in [5, 5.41) is 15.6. The summed E-state index contributed by atoms with van der Waals surface area (Å²) in [5.41, 5.74) is 22.1. The smallest absolute Gasteiger partial charge is 0.137 e. The summed E-state index contributed by atoms with van der Waals surface area (Å²) in [7, 11) is 0. The SMILES string of the molecule is c1ccc2c(c1)-c1cccc3ccc4c(c13)c1c-2cccc1n4-c1ccc(-c2cccc3c2sc2ccccc23)cc1.c1ccc2c(c1)-c1cccc3ccc4c(c13)c1c-2cccc1n4-c1ccc2c(c1)oc1ccccc12. The lowest BCUT2D eigenvalue weighted by atomic mass is 9.93. The van der Waals surface area contributed by atoms with Crippen molar-refractivity contribution in [3.8, 4) is 67.0 Å².